The minimum Gasteiger partial charge on any atom is -0.497 e. The van der Waals surface area contributed by atoms with Crippen LogP contribution in [-0.4, -0.2) is 26.2 Å². The minimum absolute atomic E-state index is 0.392. The first-order valence-electron chi connectivity index (χ1n) is 6.40. The first-order chi connectivity index (χ1) is 8.29. The molecule has 17 heavy (non-hydrogen) atoms. The van der Waals surface area contributed by atoms with E-state index in [1.807, 2.05) is 12.1 Å². The smallest absolute Gasteiger partial charge is 0.118 e. The Hall–Kier alpha value is -1.06. The first-order valence-corrected chi connectivity index (χ1v) is 6.40. The monoisotopic (exact) mass is 234 g/mol. The van der Waals surface area contributed by atoms with Crippen molar-refractivity contribution in [2.75, 3.05) is 20.2 Å². The highest BCUT2D eigenvalue weighted by molar-refractivity contribution is 5.28. The van der Waals surface area contributed by atoms with Gasteiger partial charge in [0.1, 0.15) is 5.75 Å². The molecule has 1 heterocycles. The van der Waals surface area contributed by atoms with Gasteiger partial charge in [-0.1, -0.05) is 12.1 Å². The summed E-state index contributed by atoms with van der Waals surface area (Å²) in [6.07, 6.45) is 2.60. The van der Waals surface area contributed by atoms with Crippen molar-refractivity contribution in [3.8, 4) is 5.75 Å². The second-order valence-corrected chi connectivity index (χ2v) is 4.70. The van der Waals surface area contributed by atoms with Crippen LogP contribution in [-0.2, 0) is 0 Å². The van der Waals surface area contributed by atoms with Gasteiger partial charge in [-0.3, -0.25) is 0 Å². The Labute approximate surface area is 104 Å². The van der Waals surface area contributed by atoms with Gasteiger partial charge in [0, 0.05) is 18.6 Å². The summed E-state index contributed by atoms with van der Waals surface area (Å²) >= 11 is 0. The SMILES string of the molecule is COc1ccc(C(C)NCC2CCCN2)cc1. The molecular weight excluding hydrogens is 212 g/mol. The lowest BCUT2D eigenvalue weighted by atomic mass is 10.1. The fraction of sp³-hybridized carbons (Fsp3) is 0.571. The van der Waals surface area contributed by atoms with Crippen LogP contribution in [0.5, 0.6) is 5.75 Å². The minimum atomic E-state index is 0.392. The molecule has 1 aliphatic heterocycles. The third-order valence-corrected chi connectivity index (χ3v) is 3.45. The first kappa shape index (κ1) is 12.4. The molecule has 0 aliphatic carbocycles. The molecule has 0 spiro atoms. The fourth-order valence-electron chi connectivity index (χ4n) is 2.26. The summed E-state index contributed by atoms with van der Waals surface area (Å²) < 4.78 is 5.16. The summed E-state index contributed by atoms with van der Waals surface area (Å²) in [7, 11) is 1.70. The number of hydrogen-bond acceptors (Lipinski definition) is 3. The Morgan fingerprint density at radius 1 is 1.41 bits per heavy atom. The number of ether oxygens (including phenoxy) is 1. The Morgan fingerprint density at radius 3 is 2.76 bits per heavy atom. The van der Waals surface area contributed by atoms with E-state index in [1.54, 1.807) is 7.11 Å². The van der Waals surface area contributed by atoms with Crippen molar-refractivity contribution in [3.63, 3.8) is 0 Å². The zero-order valence-electron chi connectivity index (χ0n) is 10.7. The van der Waals surface area contributed by atoms with Gasteiger partial charge in [-0.2, -0.15) is 0 Å². The lowest BCUT2D eigenvalue weighted by Gasteiger charge is -2.18. The van der Waals surface area contributed by atoms with Crippen LogP contribution in [0.1, 0.15) is 31.4 Å². The van der Waals surface area contributed by atoms with E-state index in [0.29, 0.717) is 12.1 Å². The average molecular weight is 234 g/mol. The van der Waals surface area contributed by atoms with Gasteiger partial charge in [0.25, 0.3) is 0 Å². The summed E-state index contributed by atoms with van der Waals surface area (Å²) in [6, 6.07) is 9.32. The Morgan fingerprint density at radius 2 is 2.18 bits per heavy atom. The van der Waals surface area contributed by atoms with Gasteiger partial charge < -0.3 is 15.4 Å². The Bertz CT molecular complexity index is 331. The van der Waals surface area contributed by atoms with Crippen molar-refractivity contribution in [1.29, 1.82) is 0 Å². The van der Waals surface area contributed by atoms with Gasteiger partial charge in [-0.25, -0.2) is 0 Å². The molecule has 3 heteroatoms. The number of nitrogens with one attached hydrogen (secondary N) is 2. The van der Waals surface area contributed by atoms with E-state index < -0.39 is 0 Å². The molecule has 0 aromatic heterocycles. The summed E-state index contributed by atoms with van der Waals surface area (Å²) in [5.41, 5.74) is 1.31. The van der Waals surface area contributed by atoms with Crippen LogP contribution in [0.25, 0.3) is 0 Å². The van der Waals surface area contributed by atoms with Gasteiger partial charge in [0.15, 0.2) is 0 Å². The zero-order chi connectivity index (χ0) is 12.1. The number of hydrogen-bond donors (Lipinski definition) is 2. The highest BCUT2D eigenvalue weighted by Gasteiger charge is 2.14. The van der Waals surface area contributed by atoms with Crippen molar-refractivity contribution in [3.05, 3.63) is 29.8 Å². The van der Waals surface area contributed by atoms with E-state index in [2.05, 4.69) is 29.7 Å². The standard InChI is InChI=1S/C14H22N2O/c1-11(16-10-13-4-3-9-15-13)12-5-7-14(17-2)8-6-12/h5-8,11,13,15-16H,3-4,9-10H2,1-2H3. The lowest BCUT2D eigenvalue weighted by molar-refractivity contribution is 0.414. The number of rotatable bonds is 5. The predicted molar refractivity (Wildman–Crippen MR) is 70.4 cm³/mol. The maximum Gasteiger partial charge on any atom is 0.118 e. The number of methoxy groups -OCH3 is 1. The zero-order valence-corrected chi connectivity index (χ0v) is 10.7. The predicted octanol–water partition coefficient (Wildman–Crippen LogP) is 2.10. The number of benzene rings is 1. The summed E-state index contributed by atoms with van der Waals surface area (Å²) in [5, 5.41) is 7.07. The van der Waals surface area contributed by atoms with Gasteiger partial charge in [-0.15, -0.1) is 0 Å². The van der Waals surface area contributed by atoms with E-state index in [-0.39, 0.29) is 0 Å². The van der Waals surface area contributed by atoms with Gasteiger partial charge in [0.05, 0.1) is 7.11 Å². The largest absolute Gasteiger partial charge is 0.497 e. The maximum atomic E-state index is 5.16. The third kappa shape index (κ3) is 3.45. The molecule has 3 nitrogen and oxygen atoms in total. The van der Waals surface area contributed by atoms with E-state index in [0.717, 1.165) is 12.3 Å². The summed E-state index contributed by atoms with van der Waals surface area (Å²) in [6.45, 7) is 4.42. The van der Waals surface area contributed by atoms with Crippen LogP contribution in [0.3, 0.4) is 0 Å². The van der Waals surface area contributed by atoms with Crippen molar-refractivity contribution < 1.29 is 4.74 Å². The van der Waals surface area contributed by atoms with Gasteiger partial charge in [0.2, 0.25) is 0 Å². The molecule has 2 N–H and O–H groups in total. The second-order valence-electron chi connectivity index (χ2n) is 4.70. The van der Waals surface area contributed by atoms with Crippen molar-refractivity contribution in [2.24, 2.45) is 0 Å². The fourth-order valence-corrected chi connectivity index (χ4v) is 2.26. The normalized spacial score (nSPS) is 21.4. The van der Waals surface area contributed by atoms with Crippen molar-refractivity contribution in [2.45, 2.75) is 31.8 Å². The van der Waals surface area contributed by atoms with E-state index >= 15 is 0 Å². The van der Waals surface area contributed by atoms with Crippen LogP contribution in [0.4, 0.5) is 0 Å². The van der Waals surface area contributed by atoms with Crippen LogP contribution in [0, 0.1) is 0 Å². The van der Waals surface area contributed by atoms with Gasteiger partial charge in [-0.05, 0) is 44.0 Å². The average Bonchev–Trinajstić information content (AvgIpc) is 2.89. The molecule has 0 amide bonds. The molecular formula is C14H22N2O. The van der Waals surface area contributed by atoms with Crippen LogP contribution < -0.4 is 15.4 Å². The topological polar surface area (TPSA) is 33.3 Å². The highest BCUT2D eigenvalue weighted by Crippen LogP contribution is 2.17. The van der Waals surface area contributed by atoms with Crippen molar-refractivity contribution >= 4 is 0 Å². The lowest BCUT2D eigenvalue weighted by Crippen LogP contribution is -2.35. The Kier molecular flexibility index (Phi) is 4.40. The molecule has 0 saturated carbocycles. The summed E-state index contributed by atoms with van der Waals surface area (Å²) in [5.74, 6) is 0.915. The van der Waals surface area contributed by atoms with E-state index in [9.17, 15) is 0 Å². The molecule has 2 unspecified atom stereocenters. The quantitative estimate of drug-likeness (QED) is 0.818. The molecule has 1 aromatic carbocycles. The van der Waals surface area contributed by atoms with E-state index in [1.165, 1.54) is 24.9 Å². The second kappa shape index (κ2) is 6.03. The molecule has 1 aromatic rings. The molecule has 1 fully saturated rings. The highest BCUT2D eigenvalue weighted by atomic mass is 16.5. The molecule has 1 saturated heterocycles. The van der Waals surface area contributed by atoms with Gasteiger partial charge >= 0.3 is 0 Å². The molecule has 2 atom stereocenters. The molecule has 1 aliphatic rings. The molecule has 94 valence electrons. The molecule has 0 bridgehead atoms. The molecule has 0 radical (unpaired) electrons. The third-order valence-electron chi connectivity index (χ3n) is 3.45. The maximum absolute atomic E-state index is 5.16. The van der Waals surface area contributed by atoms with E-state index in [4.69, 9.17) is 4.74 Å². The van der Waals surface area contributed by atoms with Crippen LogP contribution in [0.15, 0.2) is 24.3 Å². The van der Waals surface area contributed by atoms with Crippen molar-refractivity contribution in [1.82, 2.24) is 10.6 Å². The summed E-state index contributed by atoms with van der Waals surface area (Å²) in [4.78, 5) is 0. The van der Waals surface area contributed by atoms with Crippen LogP contribution >= 0.6 is 0 Å². The Balaban J connectivity index is 1.83. The molecule has 2 rings (SSSR count). The van der Waals surface area contributed by atoms with Crippen LogP contribution in [0.2, 0.25) is 0 Å².